The van der Waals surface area contributed by atoms with Gasteiger partial charge >= 0.3 is 52.9 Å². The van der Waals surface area contributed by atoms with Crippen molar-refractivity contribution in [2.24, 2.45) is 17.2 Å². The first-order chi connectivity index (χ1) is 48.2. The van der Waals surface area contributed by atoms with Gasteiger partial charge in [-0.05, 0) is 63.6 Å². The van der Waals surface area contributed by atoms with Crippen molar-refractivity contribution in [1.29, 1.82) is 0 Å². The quantitative estimate of drug-likeness (QED) is 0.00962. The van der Waals surface area contributed by atoms with E-state index < -0.39 is 156 Å². The van der Waals surface area contributed by atoms with Crippen LogP contribution in [0.5, 0.6) is 0 Å². The first-order valence-electron chi connectivity index (χ1n) is 31.6. The number of nitrogens with two attached hydrogens (primary N) is 3. The van der Waals surface area contributed by atoms with Crippen molar-refractivity contribution in [1.82, 2.24) is 67.5 Å². The average molecular weight is 1600 g/mol. The number of amides is 6. The molecule has 21 N–H and O–H groups in total. The van der Waals surface area contributed by atoms with E-state index in [0.717, 1.165) is 35.3 Å². The smallest absolute Gasteiger partial charge is 0.630 e. The SMILES string of the molecule is N[C@@H](CCC(=O)N[C@@H](CSC(=S)NCCC1C(=O)O[C-]2CN(CCCNC(=S)SC3CC3(NC(=O)CC[C@H](N)C(=O)O)C(=O)NCC(=O)O)C[C-]3CN(Cc4cccc(n4)CN1C2)C(CCNC(=S)SC[C@H](NC(=O)CC[C@H](N)C(=O)O)C(=O)NCC(=O)O)C(=O)O3)C(=O)NCC(=O)O)C(=O)O.[Mn+2]. The normalized spacial score (nSPS) is 20.9. The third kappa shape index (κ3) is 31.1. The van der Waals surface area contributed by atoms with Crippen molar-refractivity contribution in [2.45, 2.75) is 130 Å². The fraction of sp³-hybridized carbons (Fsp3) is 0.586. The Hall–Kier alpha value is -7.27. The average Bonchev–Trinajstić information content (AvgIpc) is 1.59. The number of thiocarbonyl (C=S) groups is 3. The van der Waals surface area contributed by atoms with Crippen LogP contribution in [0.15, 0.2) is 18.2 Å². The van der Waals surface area contributed by atoms with Crippen LogP contribution in [0.2, 0.25) is 0 Å². The summed E-state index contributed by atoms with van der Waals surface area (Å²) in [5.41, 5.74) is 16.1. The van der Waals surface area contributed by atoms with Crippen LogP contribution in [-0.2, 0) is 107 Å². The Morgan fingerprint density at radius 1 is 0.583 bits per heavy atom. The number of morpholine rings is 2. The number of thioether (sulfide) groups is 3. The largest absolute Gasteiger partial charge is 2.00 e. The van der Waals surface area contributed by atoms with Crippen LogP contribution in [0.3, 0.4) is 0 Å². The summed E-state index contributed by atoms with van der Waals surface area (Å²) in [5.74, 6) is -14.3. The zero-order valence-corrected chi connectivity index (χ0v) is 61.2. The minimum atomic E-state index is -1.58. The Kier molecular flexibility index (Phi) is 37.5. The molecule has 1 aliphatic carbocycles. The summed E-state index contributed by atoms with van der Waals surface area (Å²) >= 11 is 19.7. The van der Waals surface area contributed by atoms with Crippen molar-refractivity contribution in [3.05, 3.63) is 41.8 Å². The zero-order chi connectivity index (χ0) is 75.4. The molecule has 3 fully saturated rings. The molecular weight excluding hydrogens is 1520 g/mol. The fourth-order valence-corrected chi connectivity index (χ4v) is 14.0. The third-order valence-electron chi connectivity index (χ3n) is 15.6. The summed E-state index contributed by atoms with van der Waals surface area (Å²) < 4.78 is 12.6. The van der Waals surface area contributed by atoms with Crippen molar-refractivity contribution in [3.63, 3.8) is 0 Å². The summed E-state index contributed by atoms with van der Waals surface area (Å²) in [6.45, 7) is -1.20. The van der Waals surface area contributed by atoms with Crippen molar-refractivity contribution < 1.29 is 124 Å². The van der Waals surface area contributed by atoms with E-state index in [1.165, 1.54) is 0 Å². The van der Waals surface area contributed by atoms with E-state index in [2.05, 4.69) is 47.9 Å². The second-order valence-corrected chi connectivity index (χ2v) is 28.9. The number of rotatable bonds is 39. The van der Waals surface area contributed by atoms with Crippen LogP contribution in [0.25, 0.3) is 0 Å². The predicted molar refractivity (Wildman–Crippen MR) is 376 cm³/mol. The van der Waals surface area contributed by atoms with Gasteiger partial charge in [-0.1, -0.05) is 104 Å². The van der Waals surface area contributed by atoms with Gasteiger partial charge in [0.15, 0.2) is 0 Å². The first kappa shape index (κ1) is 88.1. The molecule has 6 amide bonds. The minimum Gasteiger partial charge on any atom is -0.630 e. The molecule has 5 rings (SSSR count). The van der Waals surface area contributed by atoms with E-state index in [9.17, 15) is 77.3 Å². The van der Waals surface area contributed by atoms with E-state index in [4.69, 9.17) is 88.7 Å². The van der Waals surface area contributed by atoms with Gasteiger partial charge in [0.1, 0.15) is 80.4 Å². The molecule has 1 saturated carbocycles. The van der Waals surface area contributed by atoms with Crippen LogP contribution in [0, 0.1) is 12.2 Å². The molecule has 4 heterocycles. The molecule has 6 bridgehead atoms. The zero-order valence-electron chi connectivity index (χ0n) is 55.1. The second-order valence-electron chi connectivity index (χ2n) is 23.6. The Labute approximate surface area is 629 Å². The molecule has 1 radical (unpaired) electrons. The maximum Gasteiger partial charge on any atom is 2.00 e. The number of carbonyl (C=O) groups is 14. The van der Waals surface area contributed by atoms with Crippen LogP contribution in [-0.4, -0.2) is 283 Å². The van der Waals surface area contributed by atoms with Crippen LogP contribution in [0.1, 0.15) is 75.6 Å². The Morgan fingerprint density at radius 2 is 0.990 bits per heavy atom. The number of ether oxygens (including phenoxy) is 2. The van der Waals surface area contributed by atoms with E-state index in [-0.39, 0.29) is 165 Å². The monoisotopic (exact) mass is 1600 g/mol. The Balaban J connectivity index is 0.0000225. The number of carbonyl (C=O) groups excluding carboxylic acids is 8. The molecule has 38 nitrogen and oxygen atoms in total. The van der Waals surface area contributed by atoms with E-state index in [1.54, 1.807) is 18.2 Å². The molecule has 6 unspecified atom stereocenters. The van der Waals surface area contributed by atoms with Gasteiger partial charge < -0.3 is 120 Å². The van der Waals surface area contributed by atoms with E-state index in [1.807, 2.05) is 14.7 Å². The first-order valence-corrected chi connectivity index (χ1v) is 35.7. The van der Waals surface area contributed by atoms with Crippen LogP contribution < -0.4 is 65.1 Å². The van der Waals surface area contributed by atoms with Crippen molar-refractivity contribution in [3.8, 4) is 0 Å². The molecule has 1 aromatic rings. The van der Waals surface area contributed by atoms with E-state index in [0.29, 0.717) is 30.0 Å². The molecule has 45 heteroatoms. The van der Waals surface area contributed by atoms with Crippen molar-refractivity contribution >= 4 is 168 Å². The third-order valence-corrected chi connectivity index (χ3v) is 20.0. The number of esters is 2. The number of carboxylic acids is 6. The number of hydrogen-bond acceptors (Lipinski definition) is 29. The topological polar surface area (TPSA) is 588 Å². The van der Waals surface area contributed by atoms with Crippen LogP contribution >= 0.6 is 71.9 Å². The molecular formula is C58H82MnN16O22S6. The standard InChI is InChI=1S/C58H82N16O22S6.Mn/c59-33(49(86)87)5-8-41(75)69-36(47(84)65-18-44(78)79)27-100-55(97)63-14-11-38-52(92)95-31-23-72(16-2-13-62-57(99)102-40-17-58(40,54(94)67-20-46(82)83)71-43(77)10-7-35(61)51(90)91)24-32-26-74(22-30-4-1-3-29(68-30)21-73(38)25-31)39(53(93)96-32)12-15-64-56(98)101-28-37(48(85)66-19-45(80)81)70-42(76)9-6-34(60)50(88)89;/h1,3-4,33-40H,2,5-28,59-61H2,(H,62,99)(H,63,97)(H,64,98)(H,65,84)(H,66,85)(H,67,94)(H,69,75)(H,70,76)(H,71,77)(H,78,79)(H,80,81)(H,82,83)(H,86,87)(H,88,89)(H,90,91);/q-2;+2/t33-,34-,35-,36-,37-,38?,39?,40?,58?;/m0./s1. The molecule has 3 aliphatic heterocycles. The number of fused-ring (bicyclic) bond motifs is 6. The number of aromatic nitrogens is 1. The van der Waals surface area contributed by atoms with E-state index >= 15 is 0 Å². The summed E-state index contributed by atoms with van der Waals surface area (Å²) in [6.07, 6.45) is -0.565. The molecule has 2 saturated heterocycles. The number of pyridine rings is 1. The Morgan fingerprint density at radius 3 is 1.41 bits per heavy atom. The maximum absolute atomic E-state index is 14.3. The van der Waals surface area contributed by atoms with Gasteiger partial charge in [-0.25, -0.2) is 0 Å². The summed E-state index contributed by atoms with van der Waals surface area (Å²) in [5, 5.41) is 77.7. The van der Waals surface area contributed by atoms with Gasteiger partial charge in [0.25, 0.3) is 11.9 Å². The number of hydrogen-bond donors (Lipinski definition) is 18. The number of carboxylic acid groups (broad SMARTS) is 6. The van der Waals surface area contributed by atoms with Gasteiger partial charge in [0, 0.05) is 68.7 Å². The Bertz CT molecular complexity index is 3140. The van der Waals surface area contributed by atoms with Gasteiger partial charge in [-0.3, -0.25) is 72.1 Å². The molecule has 569 valence electrons. The molecule has 11 atom stereocenters. The predicted octanol–water partition coefficient (Wildman–Crippen LogP) is -5.32. The molecule has 4 aliphatic rings. The fourth-order valence-electron chi connectivity index (χ4n) is 10.2. The minimum absolute atomic E-state index is 0. The van der Waals surface area contributed by atoms with Gasteiger partial charge in [0.2, 0.25) is 35.4 Å². The number of aliphatic carboxylic acids is 6. The maximum atomic E-state index is 14.3. The summed E-state index contributed by atoms with van der Waals surface area (Å²) in [7, 11) is 0. The molecule has 103 heavy (non-hydrogen) atoms. The molecule has 0 spiro atoms. The van der Waals surface area contributed by atoms with Gasteiger partial charge in [0.05, 0.1) is 11.4 Å². The number of nitrogens with one attached hydrogen (secondary N) is 9. The molecule has 1 aromatic heterocycles. The van der Waals surface area contributed by atoms with Gasteiger partial charge in [-0.2, -0.15) is 0 Å². The van der Waals surface area contributed by atoms with Gasteiger partial charge in [-0.15, -0.1) is 12.2 Å². The second kappa shape index (κ2) is 43.9. The van der Waals surface area contributed by atoms with Crippen molar-refractivity contribution in [2.75, 3.05) is 83.5 Å². The van der Waals surface area contributed by atoms with Crippen LogP contribution in [0.4, 0.5) is 0 Å². The number of nitrogens with zero attached hydrogens (tertiary/aromatic N) is 4. The molecule has 0 aromatic carbocycles. The summed E-state index contributed by atoms with van der Waals surface area (Å²) in [6, 6.07) is -3.19. The summed E-state index contributed by atoms with van der Waals surface area (Å²) in [4.78, 5) is 185.